The van der Waals surface area contributed by atoms with E-state index in [0.29, 0.717) is 24.7 Å². The molecule has 0 aliphatic carbocycles. The van der Waals surface area contributed by atoms with Crippen molar-refractivity contribution in [1.82, 2.24) is 20.4 Å². The summed E-state index contributed by atoms with van der Waals surface area (Å²) >= 11 is 5.89. The van der Waals surface area contributed by atoms with Gasteiger partial charge in [0, 0.05) is 23.3 Å². The van der Waals surface area contributed by atoms with Gasteiger partial charge in [-0.2, -0.15) is 5.10 Å². The minimum Gasteiger partial charge on any atom is -0.497 e. The smallest absolute Gasteiger partial charge is 0.315 e. The van der Waals surface area contributed by atoms with Crippen molar-refractivity contribution in [2.75, 3.05) is 20.3 Å². The number of aromatic nitrogens is 2. The fourth-order valence-corrected chi connectivity index (χ4v) is 2.56. The quantitative estimate of drug-likeness (QED) is 0.568. The standard InChI is InChI=1S/C20H21ClN4O3/c1-27-18-6-8-19(9-7-18)28-11-10-22-20(26)23-12-15-13-24-25(14-15)17-4-2-16(21)3-5-17/h2-9,13-14H,10-12H2,1H3,(H2,22,23,26). The molecule has 3 aromatic rings. The number of halogens is 1. The van der Waals surface area contributed by atoms with Crippen LogP contribution >= 0.6 is 11.6 Å². The number of benzene rings is 2. The first-order valence-electron chi connectivity index (χ1n) is 8.72. The molecular formula is C20H21ClN4O3. The molecule has 1 heterocycles. The fourth-order valence-electron chi connectivity index (χ4n) is 2.44. The Kier molecular flexibility index (Phi) is 6.75. The van der Waals surface area contributed by atoms with Crippen LogP contribution in [0.15, 0.2) is 60.9 Å². The summed E-state index contributed by atoms with van der Waals surface area (Å²) in [5, 5.41) is 10.5. The van der Waals surface area contributed by atoms with E-state index in [1.54, 1.807) is 30.1 Å². The Morgan fingerprint density at radius 1 is 1.07 bits per heavy atom. The van der Waals surface area contributed by atoms with Gasteiger partial charge in [0.2, 0.25) is 0 Å². The van der Waals surface area contributed by atoms with Crippen LogP contribution in [0, 0.1) is 0 Å². The lowest BCUT2D eigenvalue weighted by Gasteiger charge is -2.09. The first kappa shape index (κ1) is 19.6. The lowest BCUT2D eigenvalue weighted by molar-refractivity contribution is 0.236. The molecule has 7 nitrogen and oxygen atoms in total. The van der Waals surface area contributed by atoms with Gasteiger partial charge in [-0.25, -0.2) is 9.48 Å². The van der Waals surface area contributed by atoms with Gasteiger partial charge in [-0.3, -0.25) is 0 Å². The first-order valence-corrected chi connectivity index (χ1v) is 9.10. The second-order valence-corrected chi connectivity index (χ2v) is 6.34. The second kappa shape index (κ2) is 9.66. The number of urea groups is 1. The third-order valence-electron chi connectivity index (χ3n) is 3.90. The predicted octanol–water partition coefficient (Wildman–Crippen LogP) is 3.41. The fraction of sp³-hybridized carbons (Fsp3) is 0.200. The van der Waals surface area contributed by atoms with E-state index in [1.165, 1.54) is 0 Å². The number of ether oxygens (including phenoxy) is 2. The molecule has 2 amide bonds. The maximum Gasteiger partial charge on any atom is 0.315 e. The molecule has 0 radical (unpaired) electrons. The van der Waals surface area contributed by atoms with Gasteiger partial charge in [0.05, 0.1) is 25.5 Å². The van der Waals surface area contributed by atoms with Gasteiger partial charge in [0.25, 0.3) is 0 Å². The highest BCUT2D eigenvalue weighted by atomic mass is 35.5. The minimum absolute atomic E-state index is 0.266. The van der Waals surface area contributed by atoms with Crippen LogP contribution in [0.1, 0.15) is 5.56 Å². The lowest BCUT2D eigenvalue weighted by atomic mass is 10.3. The van der Waals surface area contributed by atoms with Crippen LogP contribution in [0.4, 0.5) is 4.79 Å². The Morgan fingerprint density at radius 3 is 2.50 bits per heavy atom. The van der Waals surface area contributed by atoms with Crippen molar-refractivity contribution in [2.24, 2.45) is 0 Å². The Hall–Kier alpha value is -3.19. The van der Waals surface area contributed by atoms with Gasteiger partial charge >= 0.3 is 6.03 Å². The summed E-state index contributed by atoms with van der Waals surface area (Å²) in [6.45, 7) is 1.13. The molecule has 2 N–H and O–H groups in total. The summed E-state index contributed by atoms with van der Waals surface area (Å²) in [7, 11) is 1.61. The van der Waals surface area contributed by atoms with E-state index in [2.05, 4.69) is 15.7 Å². The van der Waals surface area contributed by atoms with Crippen LogP contribution in [0.2, 0.25) is 5.02 Å². The van der Waals surface area contributed by atoms with Gasteiger partial charge in [-0.1, -0.05) is 11.6 Å². The Bertz CT molecular complexity index is 895. The molecule has 0 unspecified atom stereocenters. The summed E-state index contributed by atoms with van der Waals surface area (Å²) < 4.78 is 12.4. The normalized spacial score (nSPS) is 10.4. The number of hydrogen-bond donors (Lipinski definition) is 2. The highest BCUT2D eigenvalue weighted by molar-refractivity contribution is 6.30. The molecule has 2 aromatic carbocycles. The highest BCUT2D eigenvalue weighted by Gasteiger charge is 2.04. The van der Waals surface area contributed by atoms with Crippen molar-refractivity contribution in [2.45, 2.75) is 6.54 Å². The first-order chi connectivity index (χ1) is 13.6. The van der Waals surface area contributed by atoms with Crippen LogP contribution < -0.4 is 20.1 Å². The van der Waals surface area contributed by atoms with Gasteiger partial charge in [0.1, 0.15) is 18.1 Å². The summed E-state index contributed by atoms with van der Waals surface area (Å²) in [4.78, 5) is 11.9. The van der Waals surface area contributed by atoms with E-state index in [-0.39, 0.29) is 6.03 Å². The molecule has 28 heavy (non-hydrogen) atoms. The maximum absolute atomic E-state index is 11.9. The third-order valence-corrected chi connectivity index (χ3v) is 4.15. The zero-order chi connectivity index (χ0) is 19.8. The molecule has 0 bridgehead atoms. The van der Waals surface area contributed by atoms with E-state index in [1.807, 2.05) is 42.6 Å². The highest BCUT2D eigenvalue weighted by Crippen LogP contribution is 2.16. The van der Waals surface area contributed by atoms with Crippen molar-refractivity contribution < 1.29 is 14.3 Å². The summed E-state index contributed by atoms with van der Waals surface area (Å²) in [5.41, 5.74) is 1.79. The van der Waals surface area contributed by atoms with Crippen LogP contribution in [-0.2, 0) is 6.54 Å². The van der Waals surface area contributed by atoms with Gasteiger partial charge in [0.15, 0.2) is 0 Å². The third kappa shape index (κ3) is 5.65. The van der Waals surface area contributed by atoms with E-state index < -0.39 is 0 Å². The molecule has 0 spiro atoms. The molecule has 0 saturated carbocycles. The molecule has 8 heteroatoms. The van der Waals surface area contributed by atoms with Crippen LogP contribution in [-0.4, -0.2) is 36.1 Å². The minimum atomic E-state index is -0.266. The molecule has 3 rings (SSSR count). The van der Waals surface area contributed by atoms with E-state index in [9.17, 15) is 4.79 Å². The lowest BCUT2D eigenvalue weighted by Crippen LogP contribution is -2.37. The summed E-state index contributed by atoms with van der Waals surface area (Å²) in [6, 6.07) is 14.4. The zero-order valence-corrected chi connectivity index (χ0v) is 16.1. The topological polar surface area (TPSA) is 77.4 Å². The van der Waals surface area contributed by atoms with Crippen molar-refractivity contribution in [3.05, 3.63) is 71.5 Å². The van der Waals surface area contributed by atoms with Crippen LogP contribution in [0.3, 0.4) is 0 Å². The SMILES string of the molecule is COc1ccc(OCCNC(=O)NCc2cnn(-c3ccc(Cl)cc3)c2)cc1. The van der Waals surface area contributed by atoms with E-state index in [0.717, 1.165) is 22.7 Å². The molecule has 0 atom stereocenters. The number of methoxy groups -OCH3 is 1. The van der Waals surface area contributed by atoms with Gasteiger partial charge in [-0.15, -0.1) is 0 Å². The Labute approximate surface area is 168 Å². The number of amides is 2. The number of hydrogen-bond acceptors (Lipinski definition) is 4. The summed E-state index contributed by atoms with van der Waals surface area (Å²) in [6.07, 6.45) is 3.57. The molecule has 146 valence electrons. The zero-order valence-electron chi connectivity index (χ0n) is 15.4. The number of nitrogens with one attached hydrogen (secondary N) is 2. The van der Waals surface area contributed by atoms with Crippen molar-refractivity contribution in [1.29, 1.82) is 0 Å². The van der Waals surface area contributed by atoms with Gasteiger partial charge < -0.3 is 20.1 Å². The molecule has 0 aliphatic heterocycles. The van der Waals surface area contributed by atoms with Crippen molar-refractivity contribution in [3.8, 4) is 17.2 Å². The summed E-state index contributed by atoms with van der Waals surface area (Å²) in [5.74, 6) is 1.49. The molecule has 0 aliphatic rings. The molecule has 1 aromatic heterocycles. The number of carbonyl (C=O) groups is 1. The average molecular weight is 401 g/mol. The number of rotatable bonds is 8. The molecule has 0 fully saturated rings. The molecular weight excluding hydrogens is 380 g/mol. The Morgan fingerprint density at radius 2 is 1.79 bits per heavy atom. The average Bonchev–Trinajstić information content (AvgIpc) is 3.20. The second-order valence-electron chi connectivity index (χ2n) is 5.90. The Balaban J connectivity index is 1.36. The van der Waals surface area contributed by atoms with Crippen LogP contribution in [0.5, 0.6) is 11.5 Å². The van der Waals surface area contributed by atoms with Crippen molar-refractivity contribution >= 4 is 17.6 Å². The van der Waals surface area contributed by atoms with Crippen molar-refractivity contribution in [3.63, 3.8) is 0 Å². The monoisotopic (exact) mass is 400 g/mol. The van der Waals surface area contributed by atoms with E-state index >= 15 is 0 Å². The number of carbonyl (C=O) groups excluding carboxylic acids is 1. The molecule has 0 saturated heterocycles. The number of nitrogens with zero attached hydrogens (tertiary/aromatic N) is 2. The largest absolute Gasteiger partial charge is 0.497 e. The van der Waals surface area contributed by atoms with E-state index in [4.69, 9.17) is 21.1 Å². The van der Waals surface area contributed by atoms with Crippen LogP contribution in [0.25, 0.3) is 5.69 Å². The maximum atomic E-state index is 11.9. The predicted molar refractivity (Wildman–Crippen MR) is 107 cm³/mol. The van der Waals surface area contributed by atoms with Gasteiger partial charge in [-0.05, 0) is 48.5 Å².